The zero-order valence-electron chi connectivity index (χ0n) is 21.4. The molecule has 0 saturated heterocycles. The van der Waals surface area contributed by atoms with E-state index in [0.717, 1.165) is 40.6 Å². The van der Waals surface area contributed by atoms with Crippen LogP contribution in [0.1, 0.15) is 89.3 Å². The first-order chi connectivity index (χ1) is 15.9. The lowest BCUT2D eigenvalue weighted by molar-refractivity contribution is 0.504. The van der Waals surface area contributed by atoms with Crippen LogP contribution in [0.25, 0.3) is 22.2 Å². The van der Waals surface area contributed by atoms with Crippen LogP contribution in [0.2, 0.25) is 0 Å². The summed E-state index contributed by atoms with van der Waals surface area (Å²) in [6.07, 6.45) is 10.8. The van der Waals surface area contributed by atoms with Crippen LogP contribution < -0.4 is 5.73 Å². The van der Waals surface area contributed by atoms with Crippen LogP contribution in [0.3, 0.4) is 0 Å². The highest BCUT2D eigenvalue weighted by Gasteiger charge is 2.13. The molecule has 0 aliphatic heterocycles. The van der Waals surface area contributed by atoms with E-state index in [1.54, 1.807) is 6.92 Å². The van der Waals surface area contributed by atoms with Gasteiger partial charge in [-0.05, 0) is 43.2 Å². The average molecular weight is 446 g/mol. The van der Waals surface area contributed by atoms with Crippen molar-refractivity contribution in [1.29, 1.82) is 5.26 Å². The molecule has 1 fully saturated rings. The molecular weight excluding hydrogens is 402 g/mol. The Morgan fingerprint density at radius 1 is 0.970 bits per heavy atom. The molecule has 3 aromatic rings. The topological polar surface area (TPSA) is 65.6 Å². The first-order valence-corrected chi connectivity index (χ1v) is 12.4. The number of nitrogens with zero attached hydrogens (tertiary/aromatic N) is 1. The van der Waals surface area contributed by atoms with Crippen molar-refractivity contribution in [3.05, 3.63) is 71.4 Å². The summed E-state index contributed by atoms with van der Waals surface area (Å²) in [6, 6.07) is 17.0. The third-order valence-corrected chi connectivity index (χ3v) is 5.35. The van der Waals surface area contributed by atoms with Crippen LogP contribution in [0, 0.1) is 18.3 Å². The Balaban J connectivity index is 0.000000373. The summed E-state index contributed by atoms with van der Waals surface area (Å²) in [6.45, 7) is 13.7. The highest BCUT2D eigenvalue weighted by Crippen LogP contribution is 2.30. The average Bonchev–Trinajstić information content (AvgIpc) is 3.11. The second-order valence-corrected chi connectivity index (χ2v) is 8.74. The Hall–Kier alpha value is -2.99. The maximum atomic E-state index is 9.52. The predicted octanol–water partition coefficient (Wildman–Crippen LogP) is 8.81. The number of allylic oxidation sites excluding steroid dienone is 1. The van der Waals surface area contributed by atoms with Crippen molar-refractivity contribution >= 4 is 10.9 Å². The number of hydrogen-bond donors (Lipinski definition) is 2. The molecule has 0 unspecified atom stereocenters. The van der Waals surface area contributed by atoms with Gasteiger partial charge in [-0.2, -0.15) is 5.26 Å². The van der Waals surface area contributed by atoms with Crippen LogP contribution in [0.4, 0.5) is 0 Å². The number of nitrogens with one attached hydrogen (secondary N) is 1. The van der Waals surface area contributed by atoms with Crippen molar-refractivity contribution in [2.45, 2.75) is 86.0 Å². The summed E-state index contributed by atoms with van der Waals surface area (Å²) < 4.78 is 0. The number of fused-ring (bicyclic) bond motifs is 1. The largest absolute Gasteiger partial charge is 0.403 e. The number of hydrogen-bond acceptors (Lipinski definition) is 2. The Labute approximate surface area is 201 Å². The molecule has 1 aromatic heterocycles. The molecule has 33 heavy (non-hydrogen) atoms. The van der Waals surface area contributed by atoms with Crippen LogP contribution in [0.15, 0.2) is 54.7 Å². The van der Waals surface area contributed by atoms with Gasteiger partial charge in [0.1, 0.15) is 6.07 Å². The normalized spacial score (nSPS) is 11.4. The number of aryl methyl sites for hydroxylation is 2. The third kappa shape index (κ3) is 10.00. The lowest BCUT2D eigenvalue weighted by Gasteiger charge is -2.05. The molecule has 1 aliphatic rings. The Kier molecular flexibility index (Phi) is 13.4. The van der Waals surface area contributed by atoms with Crippen LogP contribution in [-0.4, -0.2) is 4.98 Å². The maximum absolute atomic E-state index is 9.52. The summed E-state index contributed by atoms with van der Waals surface area (Å²) in [7, 11) is 0. The van der Waals surface area contributed by atoms with Gasteiger partial charge in [0, 0.05) is 10.9 Å². The van der Waals surface area contributed by atoms with Gasteiger partial charge in [-0.25, -0.2) is 0 Å². The Morgan fingerprint density at radius 3 is 1.94 bits per heavy atom. The van der Waals surface area contributed by atoms with Crippen LogP contribution in [0.5, 0.6) is 0 Å². The quantitative estimate of drug-likeness (QED) is 0.421. The minimum atomic E-state index is 0.667. The molecule has 1 saturated carbocycles. The minimum Gasteiger partial charge on any atom is -0.403 e. The van der Waals surface area contributed by atoms with Gasteiger partial charge in [-0.15, -0.1) is 0 Å². The van der Waals surface area contributed by atoms with Gasteiger partial charge in [0.2, 0.25) is 0 Å². The lowest BCUT2D eigenvalue weighted by Crippen LogP contribution is -1.85. The number of aromatic amines is 1. The van der Waals surface area contributed by atoms with E-state index in [4.69, 9.17) is 5.73 Å². The van der Waals surface area contributed by atoms with Gasteiger partial charge in [-0.3, -0.25) is 0 Å². The van der Waals surface area contributed by atoms with E-state index >= 15 is 0 Å². The van der Waals surface area contributed by atoms with Crippen molar-refractivity contribution < 1.29 is 0 Å². The van der Waals surface area contributed by atoms with E-state index in [1.807, 2.05) is 0 Å². The highest BCUT2D eigenvalue weighted by molar-refractivity contribution is 5.93. The molecule has 3 N–H and O–H groups in total. The van der Waals surface area contributed by atoms with E-state index in [1.165, 1.54) is 49.7 Å². The number of H-pyrrole nitrogens is 1. The number of nitrogens with two attached hydrogens (primary N) is 1. The number of benzene rings is 2. The van der Waals surface area contributed by atoms with Crippen molar-refractivity contribution in [3.8, 4) is 17.3 Å². The maximum Gasteiger partial charge on any atom is 0.102 e. The molecule has 0 atom stereocenters. The number of rotatable bonds is 4. The van der Waals surface area contributed by atoms with E-state index < -0.39 is 0 Å². The number of aromatic nitrogens is 1. The summed E-state index contributed by atoms with van der Waals surface area (Å²) >= 11 is 0. The van der Waals surface area contributed by atoms with Gasteiger partial charge >= 0.3 is 0 Å². The third-order valence-electron chi connectivity index (χ3n) is 5.35. The predicted molar refractivity (Wildman–Crippen MR) is 145 cm³/mol. The van der Waals surface area contributed by atoms with Crippen molar-refractivity contribution in [1.82, 2.24) is 4.98 Å². The zero-order chi connectivity index (χ0) is 24.6. The Bertz CT molecular complexity index is 989. The molecule has 3 heteroatoms. The highest BCUT2D eigenvalue weighted by atomic mass is 14.7. The lowest BCUT2D eigenvalue weighted by atomic mass is 10.0. The molecule has 0 spiro atoms. The zero-order valence-corrected chi connectivity index (χ0v) is 21.4. The summed E-state index contributed by atoms with van der Waals surface area (Å²) in [5, 5.41) is 10.5. The second kappa shape index (κ2) is 15.8. The monoisotopic (exact) mass is 445 g/mol. The standard InChI is InChI=1S/C19H18N2.C4H8.C4H10.C3H7N/c1-3-4-14-7-10-16-17(12-20)19(21-18(16)11-14)15-8-5-13(2)6-9-15;1-2-4-3-1;1-3-4-2;1-3(2)4/h5-11,21H,3-4H2,1-2H3;1-4H2;3-4H2,1-2H3;1,4H2,2H3. The molecule has 0 bridgehead atoms. The smallest absolute Gasteiger partial charge is 0.102 e. The molecule has 0 amide bonds. The van der Waals surface area contributed by atoms with Crippen molar-refractivity contribution in [2.24, 2.45) is 5.73 Å². The van der Waals surface area contributed by atoms with E-state index in [-0.39, 0.29) is 0 Å². The molecule has 0 radical (unpaired) electrons. The molecular formula is C30H43N3. The van der Waals surface area contributed by atoms with E-state index in [2.05, 4.69) is 87.8 Å². The van der Waals surface area contributed by atoms with Crippen LogP contribution >= 0.6 is 0 Å². The van der Waals surface area contributed by atoms with Gasteiger partial charge in [0.05, 0.1) is 11.3 Å². The van der Waals surface area contributed by atoms with Gasteiger partial charge in [0.25, 0.3) is 0 Å². The van der Waals surface area contributed by atoms with Gasteiger partial charge in [-0.1, -0.05) is 114 Å². The second-order valence-electron chi connectivity index (χ2n) is 8.74. The fourth-order valence-corrected chi connectivity index (χ4v) is 2.99. The SMILES string of the molecule is C1CCC1.C=C(C)N.CCCC.CCCc1ccc2c(C#N)c(-c3ccc(C)cc3)[nH]c2c1. The fraction of sp³-hybridized carbons (Fsp3) is 0.433. The molecule has 4 rings (SSSR count). The summed E-state index contributed by atoms with van der Waals surface area (Å²) in [5.41, 5.74) is 11.9. The minimum absolute atomic E-state index is 0.667. The molecule has 1 heterocycles. The Morgan fingerprint density at radius 2 is 1.52 bits per heavy atom. The van der Waals surface area contributed by atoms with Gasteiger partial charge < -0.3 is 10.7 Å². The summed E-state index contributed by atoms with van der Waals surface area (Å²) in [5.74, 6) is 0. The molecule has 178 valence electrons. The molecule has 1 aliphatic carbocycles. The van der Waals surface area contributed by atoms with Gasteiger partial charge in [0.15, 0.2) is 0 Å². The summed E-state index contributed by atoms with van der Waals surface area (Å²) in [4.78, 5) is 3.43. The molecule has 2 aromatic carbocycles. The number of unbranched alkanes of at least 4 members (excludes halogenated alkanes) is 1. The molecule has 3 nitrogen and oxygen atoms in total. The van der Waals surface area contributed by atoms with E-state index in [9.17, 15) is 5.26 Å². The van der Waals surface area contributed by atoms with Crippen molar-refractivity contribution in [2.75, 3.05) is 0 Å². The first kappa shape index (κ1) is 28.0. The number of nitriles is 1. The fourth-order valence-electron chi connectivity index (χ4n) is 2.99. The van der Waals surface area contributed by atoms with Crippen molar-refractivity contribution in [3.63, 3.8) is 0 Å². The van der Waals surface area contributed by atoms with Crippen LogP contribution in [-0.2, 0) is 6.42 Å². The first-order valence-electron chi connectivity index (χ1n) is 12.4. The van der Waals surface area contributed by atoms with E-state index in [0.29, 0.717) is 5.70 Å².